The number of amides is 1. The van der Waals surface area contributed by atoms with E-state index in [-0.39, 0.29) is 12.5 Å². The Kier molecular flexibility index (Phi) is 5.37. The Hall–Kier alpha value is -1.14. The predicted molar refractivity (Wildman–Crippen MR) is 73.3 cm³/mol. The molecule has 114 valence electrons. The standard InChI is InChI=1S/C14H24N2O4/c1-2-10-7-16-4-3-11(10)5-12(16)6-15-13(17)8-20-9-14(18)19/h10-12H,2-9H2,1H3,(H,15,17)(H,18,19). The highest BCUT2D eigenvalue weighted by Gasteiger charge is 2.38. The number of rotatable bonds is 7. The summed E-state index contributed by atoms with van der Waals surface area (Å²) in [6.45, 7) is 4.57. The molecule has 4 atom stereocenters. The number of hydrogen-bond donors (Lipinski definition) is 2. The van der Waals surface area contributed by atoms with E-state index in [4.69, 9.17) is 9.84 Å². The number of piperidine rings is 3. The molecule has 0 saturated carbocycles. The number of aliphatic carboxylic acids is 1. The summed E-state index contributed by atoms with van der Waals surface area (Å²) in [6.07, 6.45) is 3.68. The smallest absolute Gasteiger partial charge is 0.329 e. The molecule has 0 aromatic carbocycles. The number of carboxylic acid groups (broad SMARTS) is 1. The Morgan fingerprint density at radius 2 is 2.20 bits per heavy atom. The second-order valence-electron chi connectivity index (χ2n) is 5.79. The fraction of sp³-hybridized carbons (Fsp3) is 0.857. The normalized spacial score (nSPS) is 32.0. The topological polar surface area (TPSA) is 78.9 Å². The lowest BCUT2D eigenvalue weighted by atomic mass is 9.74. The summed E-state index contributed by atoms with van der Waals surface area (Å²) in [6, 6.07) is 0.431. The van der Waals surface area contributed by atoms with Gasteiger partial charge in [0.05, 0.1) is 0 Å². The van der Waals surface area contributed by atoms with Crippen molar-refractivity contribution in [3.05, 3.63) is 0 Å². The summed E-state index contributed by atoms with van der Waals surface area (Å²) >= 11 is 0. The summed E-state index contributed by atoms with van der Waals surface area (Å²) in [5.41, 5.74) is 0. The number of fused-ring (bicyclic) bond motifs is 3. The number of hydrogen-bond acceptors (Lipinski definition) is 4. The third kappa shape index (κ3) is 3.93. The lowest BCUT2D eigenvalue weighted by molar-refractivity contribution is -0.143. The molecule has 20 heavy (non-hydrogen) atoms. The molecule has 0 aliphatic carbocycles. The monoisotopic (exact) mass is 284 g/mol. The maximum absolute atomic E-state index is 11.5. The molecule has 3 rings (SSSR count). The van der Waals surface area contributed by atoms with Gasteiger partial charge in [-0.1, -0.05) is 13.3 Å². The molecule has 2 bridgehead atoms. The maximum atomic E-state index is 11.5. The molecule has 3 saturated heterocycles. The van der Waals surface area contributed by atoms with Gasteiger partial charge in [-0.15, -0.1) is 0 Å². The van der Waals surface area contributed by atoms with Crippen LogP contribution in [-0.4, -0.2) is 60.8 Å². The molecule has 4 unspecified atom stereocenters. The number of nitrogens with one attached hydrogen (secondary N) is 1. The van der Waals surface area contributed by atoms with Gasteiger partial charge in [0.1, 0.15) is 13.2 Å². The zero-order valence-electron chi connectivity index (χ0n) is 12.0. The minimum Gasteiger partial charge on any atom is -0.480 e. The molecule has 0 aromatic heterocycles. The predicted octanol–water partition coefficient (Wildman–Crippen LogP) is 0.324. The van der Waals surface area contributed by atoms with Crippen LogP contribution in [0.5, 0.6) is 0 Å². The minimum absolute atomic E-state index is 0.181. The molecular formula is C14H24N2O4. The van der Waals surface area contributed by atoms with Gasteiger partial charge >= 0.3 is 5.97 Å². The van der Waals surface area contributed by atoms with Crippen molar-refractivity contribution in [2.45, 2.75) is 32.2 Å². The maximum Gasteiger partial charge on any atom is 0.329 e. The highest BCUT2D eigenvalue weighted by atomic mass is 16.5. The van der Waals surface area contributed by atoms with Crippen LogP contribution in [0.15, 0.2) is 0 Å². The fourth-order valence-electron chi connectivity index (χ4n) is 3.44. The van der Waals surface area contributed by atoms with Gasteiger partial charge in [0.2, 0.25) is 5.91 Å². The second kappa shape index (κ2) is 7.04. The lowest BCUT2D eigenvalue weighted by Crippen LogP contribution is -2.56. The van der Waals surface area contributed by atoms with Crippen molar-refractivity contribution < 1.29 is 19.4 Å². The average molecular weight is 284 g/mol. The van der Waals surface area contributed by atoms with E-state index in [9.17, 15) is 9.59 Å². The fourth-order valence-corrected chi connectivity index (χ4v) is 3.44. The van der Waals surface area contributed by atoms with E-state index in [0.29, 0.717) is 12.6 Å². The first kappa shape index (κ1) is 15.3. The molecule has 1 amide bonds. The summed E-state index contributed by atoms with van der Waals surface area (Å²) in [5.74, 6) is 0.324. The first-order valence-electron chi connectivity index (χ1n) is 7.40. The van der Waals surface area contributed by atoms with E-state index in [1.165, 1.54) is 12.8 Å². The van der Waals surface area contributed by atoms with Gasteiger partial charge < -0.3 is 15.2 Å². The SMILES string of the molecule is CCC1CN2CCC1CC2CNC(=O)COCC(=O)O. The van der Waals surface area contributed by atoms with Gasteiger partial charge in [-0.05, 0) is 31.2 Å². The van der Waals surface area contributed by atoms with Gasteiger partial charge in [-0.2, -0.15) is 0 Å². The van der Waals surface area contributed by atoms with E-state index >= 15 is 0 Å². The van der Waals surface area contributed by atoms with E-state index in [0.717, 1.165) is 31.3 Å². The van der Waals surface area contributed by atoms with Crippen LogP contribution in [0.2, 0.25) is 0 Å². The van der Waals surface area contributed by atoms with Crippen LogP contribution in [0.3, 0.4) is 0 Å². The van der Waals surface area contributed by atoms with Crippen LogP contribution in [0.1, 0.15) is 26.2 Å². The Morgan fingerprint density at radius 3 is 2.80 bits per heavy atom. The van der Waals surface area contributed by atoms with E-state index in [1.54, 1.807) is 0 Å². The quantitative estimate of drug-likeness (QED) is 0.704. The van der Waals surface area contributed by atoms with Crippen molar-refractivity contribution in [1.29, 1.82) is 0 Å². The molecule has 6 heteroatoms. The zero-order valence-corrected chi connectivity index (χ0v) is 12.0. The van der Waals surface area contributed by atoms with Crippen molar-refractivity contribution in [2.75, 3.05) is 32.8 Å². The Bertz CT molecular complexity index is 361. The molecule has 2 N–H and O–H groups in total. The first-order chi connectivity index (χ1) is 9.60. The van der Waals surface area contributed by atoms with Crippen LogP contribution in [0.25, 0.3) is 0 Å². The van der Waals surface area contributed by atoms with Crippen molar-refractivity contribution in [3.8, 4) is 0 Å². The highest BCUT2D eigenvalue weighted by Crippen LogP contribution is 2.37. The zero-order chi connectivity index (χ0) is 14.5. The Balaban J connectivity index is 1.67. The summed E-state index contributed by atoms with van der Waals surface area (Å²) in [7, 11) is 0. The van der Waals surface area contributed by atoms with Crippen LogP contribution in [0.4, 0.5) is 0 Å². The summed E-state index contributed by atoms with van der Waals surface area (Å²) < 4.78 is 4.77. The molecule has 6 nitrogen and oxygen atoms in total. The Labute approximate surface area is 119 Å². The number of carbonyl (C=O) groups is 2. The molecule has 0 spiro atoms. The third-order valence-electron chi connectivity index (χ3n) is 4.53. The van der Waals surface area contributed by atoms with E-state index < -0.39 is 12.6 Å². The number of carboxylic acids is 1. The van der Waals surface area contributed by atoms with Gasteiger partial charge in [0, 0.05) is 19.1 Å². The third-order valence-corrected chi connectivity index (χ3v) is 4.53. The van der Waals surface area contributed by atoms with Crippen LogP contribution in [-0.2, 0) is 14.3 Å². The van der Waals surface area contributed by atoms with Gasteiger partial charge in [0.15, 0.2) is 0 Å². The molecule has 3 aliphatic rings. The van der Waals surface area contributed by atoms with Crippen molar-refractivity contribution >= 4 is 11.9 Å². The molecule has 3 heterocycles. The van der Waals surface area contributed by atoms with Crippen LogP contribution in [0, 0.1) is 11.8 Å². The van der Waals surface area contributed by atoms with Gasteiger partial charge in [-0.25, -0.2) is 4.79 Å². The molecule has 0 aromatic rings. The average Bonchev–Trinajstić information content (AvgIpc) is 2.45. The highest BCUT2D eigenvalue weighted by molar-refractivity contribution is 5.77. The molecular weight excluding hydrogens is 260 g/mol. The summed E-state index contributed by atoms with van der Waals surface area (Å²) in [4.78, 5) is 24.3. The number of nitrogens with zero attached hydrogens (tertiary/aromatic N) is 1. The minimum atomic E-state index is -1.06. The Morgan fingerprint density at radius 1 is 1.40 bits per heavy atom. The van der Waals surface area contributed by atoms with Gasteiger partial charge in [0.25, 0.3) is 0 Å². The first-order valence-corrected chi connectivity index (χ1v) is 7.40. The molecule has 3 fully saturated rings. The lowest BCUT2D eigenvalue weighted by Gasteiger charge is -2.50. The number of ether oxygens (including phenoxy) is 1. The van der Waals surface area contributed by atoms with E-state index in [2.05, 4.69) is 17.1 Å². The second-order valence-corrected chi connectivity index (χ2v) is 5.79. The van der Waals surface area contributed by atoms with Crippen LogP contribution < -0.4 is 5.32 Å². The van der Waals surface area contributed by atoms with Crippen LogP contribution >= 0.6 is 0 Å². The van der Waals surface area contributed by atoms with Gasteiger partial charge in [-0.3, -0.25) is 9.69 Å². The van der Waals surface area contributed by atoms with E-state index in [1.807, 2.05) is 0 Å². The van der Waals surface area contributed by atoms with Crippen molar-refractivity contribution in [3.63, 3.8) is 0 Å². The summed E-state index contributed by atoms with van der Waals surface area (Å²) in [5, 5.41) is 11.3. The van der Waals surface area contributed by atoms with Crippen molar-refractivity contribution in [2.24, 2.45) is 11.8 Å². The van der Waals surface area contributed by atoms with Crippen molar-refractivity contribution in [1.82, 2.24) is 10.2 Å². The molecule has 3 aliphatic heterocycles. The largest absolute Gasteiger partial charge is 0.480 e. The number of carbonyl (C=O) groups excluding carboxylic acids is 1. The molecule has 0 radical (unpaired) electrons.